The molecule has 0 saturated carbocycles. The van der Waals surface area contributed by atoms with Crippen LogP contribution in [0.5, 0.6) is 5.75 Å². The Morgan fingerprint density at radius 2 is 1.83 bits per heavy atom. The van der Waals surface area contributed by atoms with Gasteiger partial charge < -0.3 is 19.4 Å². The summed E-state index contributed by atoms with van der Waals surface area (Å²) in [6, 6.07) is 7.67. The fourth-order valence-corrected chi connectivity index (χ4v) is 4.15. The van der Waals surface area contributed by atoms with E-state index in [9.17, 15) is 4.79 Å². The quantitative estimate of drug-likeness (QED) is 0.767. The maximum Gasteiger partial charge on any atom is 0.223 e. The number of amides is 1. The van der Waals surface area contributed by atoms with Crippen LogP contribution in [0.2, 0.25) is 0 Å². The maximum absolute atomic E-state index is 12.6. The van der Waals surface area contributed by atoms with Crippen LogP contribution in [-0.2, 0) is 11.2 Å². The van der Waals surface area contributed by atoms with Crippen LogP contribution >= 0.6 is 24.8 Å². The lowest BCUT2D eigenvalue weighted by atomic mass is 9.92. The van der Waals surface area contributed by atoms with Gasteiger partial charge in [-0.05, 0) is 62.0 Å². The highest BCUT2D eigenvalue weighted by molar-refractivity contribution is 5.85. The summed E-state index contributed by atoms with van der Waals surface area (Å²) >= 11 is 0. The Kier molecular flexibility index (Phi) is 8.80. The van der Waals surface area contributed by atoms with Crippen LogP contribution in [0.4, 0.5) is 0 Å². The number of halogens is 2. The minimum absolute atomic E-state index is 0. The smallest absolute Gasteiger partial charge is 0.223 e. The van der Waals surface area contributed by atoms with E-state index in [1.807, 2.05) is 29.2 Å². The van der Waals surface area contributed by atoms with Gasteiger partial charge in [0.2, 0.25) is 5.91 Å². The van der Waals surface area contributed by atoms with Gasteiger partial charge >= 0.3 is 0 Å². The number of aryl methyl sites for hydroxylation is 1. The highest BCUT2D eigenvalue weighted by Crippen LogP contribution is 2.27. The normalized spacial score (nSPS) is 20.8. The lowest BCUT2D eigenvalue weighted by molar-refractivity contribution is -0.131. The number of ether oxygens (including phenoxy) is 1. The molecule has 3 heterocycles. The largest absolute Gasteiger partial charge is 0.497 e. The standard InChI is InChI=1S/C21H27N3O3.2ClH/c1-26-18-4-2-15(3-5-18)19-14-23-20(27-19)6-7-21(25)24-10-8-16-12-22-13-17(16)9-11-24;;/h2-5,14,16-17,22H,6-13H2,1H3;2*1H/t16-,17+;;. The first-order valence-electron chi connectivity index (χ1n) is 9.80. The Morgan fingerprint density at radius 3 is 2.45 bits per heavy atom. The predicted molar refractivity (Wildman–Crippen MR) is 117 cm³/mol. The van der Waals surface area contributed by atoms with Crippen LogP contribution in [-0.4, -0.2) is 49.1 Å². The average Bonchev–Trinajstić information content (AvgIpc) is 3.32. The fraction of sp³-hybridized carbons (Fsp3) is 0.524. The van der Waals surface area contributed by atoms with Crippen molar-refractivity contribution in [2.75, 3.05) is 33.3 Å². The molecule has 160 valence electrons. The molecule has 0 unspecified atom stereocenters. The molecule has 1 N–H and O–H groups in total. The van der Waals surface area contributed by atoms with Crippen molar-refractivity contribution in [3.8, 4) is 17.1 Å². The summed E-state index contributed by atoms with van der Waals surface area (Å²) in [6.07, 6.45) is 4.95. The van der Waals surface area contributed by atoms with Gasteiger partial charge in [-0.1, -0.05) is 0 Å². The molecular weight excluding hydrogens is 413 g/mol. The van der Waals surface area contributed by atoms with Crippen molar-refractivity contribution in [3.05, 3.63) is 36.4 Å². The zero-order valence-corrected chi connectivity index (χ0v) is 18.3. The molecule has 2 saturated heterocycles. The molecule has 6 nitrogen and oxygen atoms in total. The number of benzene rings is 1. The molecule has 1 aromatic carbocycles. The number of hydrogen-bond donors (Lipinski definition) is 1. The van der Waals surface area contributed by atoms with Crippen LogP contribution < -0.4 is 10.1 Å². The predicted octanol–water partition coefficient (Wildman–Crippen LogP) is 3.58. The van der Waals surface area contributed by atoms with E-state index in [0.29, 0.717) is 18.7 Å². The van der Waals surface area contributed by atoms with Crippen LogP contribution in [0.25, 0.3) is 11.3 Å². The van der Waals surface area contributed by atoms with Gasteiger partial charge in [0.1, 0.15) is 5.75 Å². The van der Waals surface area contributed by atoms with E-state index >= 15 is 0 Å². The van der Waals surface area contributed by atoms with Gasteiger partial charge in [-0.2, -0.15) is 0 Å². The summed E-state index contributed by atoms with van der Waals surface area (Å²) in [5, 5.41) is 3.47. The Hall–Kier alpha value is -1.76. The number of likely N-dealkylation sites (tertiary alicyclic amines) is 1. The highest BCUT2D eigenvalue weighted by atomic mass is 35.5. The second kappa shape index (κ2) is 10.9. The number of methoxy groups -OCH3 is 1. The molecular formula is C21H29Cl2N3O3. The number of nitrogens with one attached hydrogen (secondary N) is 1. The van der Waals surface area contributed by atoms with Crippen LogP contribution in [0.15, 0.2) is 34.9 Å². The Bertz CT molecular complexity index is 768. The van der Waals surface area contributed by atoms with E-state index in [2.05, 4.69) is 10.3 Å². The topological polar surface area (TPSA) is 67.6 Å². The Labute approximate surface area is 184 Å². The number of oxazole rings is 1. The van der Waals surface area contributed by atoms with Crippen molar-refractivity contribution in [3.63, 3.8) is 0 Å². The summed E-state index contributed by atoms with van der Waals surface area (Å²) in [5.41, 5.74) is 0.952. The van der Waals surface area contributed by atoms with Gasteiger partial charge in [0, 0.05) is 31.5 Å². The van der Waals surface area contributed by atoms with E-state index in [0.717, 1.165) is 67.9 Å². The molecule has 1 amide bonds. The fourth-order valence-electron chi connectivity index (χ4n) is 4.15. The van der Waals surface area contributed by atoms with Crippen molar-refractivity contribution >= 4 is 30.7 Å². The Morgan fingerprint density at radius 1 is 1.17 bits per heavy atom. The van der Waals surface area contributed by atoms with Crippen molar-refractivity contribution in [2.24, 2.45) is 11.8 Å². The number of hydrogen-bond acceptors (Lipinski definition) is 5. The molecule has 0 spiro atoms. The summed E-state index contributed by atoms with van der Waals surface area (Å²) in [6.45, 7) is 3.98. The summed E-state index contributed by atoms with van der Waals surface area (Å²) in [7, 11) is 1.64. The average molecular weight is 442 g/mol. The van der Waals surface area contributed by atoms with Gasteiger partial charge in [-0.25, -0.2) is 4.98 Å². The molecule has 2 atom stereocenters. The summed E-state index contributed by atoms with van der Waals surface area (Å²) in [5.74, 6) is 3.83. The molecule has 8 heteroatoms. The minimum Gasteiger partial charge on any atom is -0.497 e. The monoisotopic (exact) mass is 441 g/mol. The van der Waals surface area contributed by atoms with E-state index in [4.69, 9.17) is 9.15 Å². The van der Waals surface area contributed by atoms with Crippen LogP contribution in [0.1, 0.15) is 25.2 Å². The number of rotatable bonds is 5. The molecule has 29 heavy (non-hydrogen) atoms. The second-order valence-corrected chi connectivity index (χ2v) is 7.48. The van der Waals surface area contributed by atoms with Gasteiger partial charge in [0.25, 0.3) is 0 Å². The van der Waals surface area contributed by atoms with Crippen molar-refractivity contribution in [1.82, 2.24) is 15.2 Å². The Balaban J connectivity index is 0.00000150. The zero-order valence-electron chi connectivity index (χ0n) is 16.6. The first kappa shape index (κ1) is 23.5. The summed E-state index contributed by atoms with van der Waals surface area (Å²) < 4.78 is 11.0. The van der Waals surface area contributed by atoms with E-state index in [1.54, 1.807) is 13.3 Å². The third-order valence-electron chi connectivity index (χ3n) is 5.85. The molecule has 0 aliphatic carbocycles. The van der Waals surface area contributed by atoms with E-state index in [1.165, 1.54) is 0 Å². The molecule has 0 radical (unpaired) electrons. The van der Waals surface area contributed by atoms with Gasteiger partial charge in [-0.15, -0.1) is 24.8 Å². The highest BCUT2D eigenvalue weighted by Gasteiger charge is 2.31. The van der Waals surface area contributed by atoms with Gasteiger partial charge in [-0.3, -0.25) is 4.79 Å². The third kappa shape index (κ3) is 5.65. The van der Waals surface area contributed by atoms with Crippen molar-refractivity contribution in [2.45, 2.75) is 25.7 Å². The van der Waals surface area contributed by atoms with E-state index in [-0.39, 0.29) is 30.7 Å². The molecule has 0 bridgehead atoms. The lowest BCUT2D eigenvalue weighted by Crippen LogP contribution is -2.32. The first-order chi connectivity index (χ1) is 13.2. The van der Waals surface area contributed by atoms with E-state index < -0.39 is 0 Å². The number of aromatic nitrogens is 1. The van der Waals surface area contributed by atoms with Gasteiger partial charge in [0.15, 0.2) is 11.7 Å². The number of carbonyl (C=O) groups excluding carboxylic acids is 1. The number of nitrogens with zero attached hydrogens (tertiary/aromatic N) is 2. The van der Waals surface area contributed by atoms with Gasteiger partial charge in [0.05, 0.1) is 13.3 Å². The molecule has 2 aliphatic rings. The molecule has 2 aromatic rings. The molecule has 2 fully saturated rings. The molecule has 2 aliphatic heterocycles. The number of carbonyl (C=O) groups is 1. The number of fused-ring (bicyclic) bond motifs is 1. The molecule has 1 aromatic heterocycles. The van der Waals surface area contributed by atoms with Crippen molar-refractivity contribution in [1.29, 1.82) is 0 Å². The third-order valence-corrected chi connectivity index (χ3v) is 5.85. The van der Waals surface area contributed by atoms with Crippen LogP contribution in [0.3, 0.4) is 0 Å². The lowest BCUT2D eigenvalue weighted by Gasteiger charge is -2.20. The molecule has 4 rings (SSSR count). The second-order valence-electron chi connectivity index (χ2n) is 7.48. The SMILES string of the molecule is COc1ccc(-c2cnc(CCC(=O)N3CC[C@@H]4CNC[C@@H]4CC3)o2)cc1.Cl.Cl. The minimum atomic E-state index is 0. The maximum atomic E-state index is 12.6. The first-order valence-corrected chi connectivity index (χ1v) is 9.80. The van der Waals surface area contributed by atoms with Crippen molar-refractivity contribution < 1.29 is 13.9 Å². The van der Waals surface area contributed by atoms with Crippen LogP contribution in [0, 0.1) is 11.8 Å². The summed E-state index contributed by atoms with van der Waals surface area (Å²) in [4.78, 5) is 19.0. The zero-order chi connectivity index (χ0) is 18.6.